The number of hydrogen-bond donors (Lipinski definition) is 3. The molecule has 5 rings (SSSR count). The topological polar surface area (TPSA) is 104 Å². The van der Waals surface area contributed by atoms with Gasteiger partial charge in [-0.3, -0.25) is 5.32 Å². The maximum absolute atomic E-state index is 13.1. The highest BCUT2D eigenvalue weighted by Gasteiger charge is 2.35. The molecule has 0 spiro atoms. The highest BCUT2D eigenvalue weighted by molar-refractivity contribution is 8.14. The number of hydrogen-bond acceptors (Lipinski definition) is 6. The summed E-state index contributed by atoms with van der Waals surface area (Å²) in [6.45, 7) is 0.151. The van der Waals surface area contributed by atoms with Gasteiger partial charge >= 0.3 is 12.1 Å². The van der Waals surface area contributed by atoms with Crippen molar-refractivity contribution in [3.63, 3.8) is 0 Å². The van der Waals surface area contributed by atoms with Crippen LogP contribution in [0.4, 0.5) is 21.0 Å². The zero-order valence-corrected chi connectivity index (χ0v) is 18.0. The summed E-state index contributed by atoms with van der Waals surface area (Å²) >= 11 is 1.24. The molecule has 4 amide bonds. The normalized spacial score (nSPS) is 16.2. The van der Waals surface area contributed by atoms with Crippen molar-refractivity contribution in [1.29, 1.82) is 0 Å². The predicted octanol–water partition coefficient (Wildman–Crippen LogP) is 4.79. The number of hydrazone groups is 1. The molecule has 2 heterocycles. The number of amidine groups is 1. The van der Waals surface area contributed by atoms with Gasteiger partial charge < -0.3 is 20.1 Å². The lowest BCUT2D eigenvalue weighted by molar-refractivity contribution is 0.174. The summed E-state index contributed by atoms with van der Waals surface area (Å²) in [7, 11) is 0. The fourth-order valence-corrected chi connectivity index (χ4v) is 4.32. The molecule has 3 aromatic rings. The zero-order valence-electron chi connectivity index (χ0n) is 17.2. The molecule has 9 nitrogen and oxygen atoms in total. The first-order valence-corrected chi connectivity index (χ1v) is 11.0. The number of thioether (sulfide) groups is 1. The molecule has 1 atom stereocenters. The molecule has 2 aliphatic heterocycles. The van der Waals surface area contributed by atoms with Crippen LogP contribution >= 0.6 is 11.8 Å². The molecule has 10 heteroatoms. The monoisotopic (exact) mass is 461 g/mol. The standard InChI is InChI=1S/C23H19N5O4S/c29-21(24-16-7-3-1-4-8-16)26-22-27-28(23(30)25-17-9-5-2-6-10-17)20(33-22)15-11-12-18-19(13-15)32-14-31-18/h1-13,20H,14H2,(H,25,30)(H2,24,26,27,29)/t20-/m0/s1. The molecular weight excluding hydrogens is 442 g/mol. The van der Waals surface area contributed by atoms with Crippen LogP contribution in [-0.2, 0) is 0 Å². The SMILES string of the molecule is O=C(NC1=NN(C(=O)Nc2ccccc2)[C@H](c2ccc3c(c2)OCO3)S1)Nc1ccccc1. The Morgan fingerprint density at radius 3 is 2.24 bits per heavy atom. The van der Waals surface area contributed by atoms with E-state index in [2.05, 4.69) is 21.1 Å². The average molecular weight is 462 g/mol. The molecule has 0 fully saturated rings. The lowest BCUT2D eigenvalue weighted by Gasteiger charge is -2.21. The average Bonchev–Trinajstić information content (AvgIpc) is 3.47. The minimum absolute atomic E-state index is 0.151. The van der Waals surface area contributed by atoms with Gasteiger partial charge in [0.15, 0.2) is 16.7 Å². The number of anilines is 2. The lowest BCUT2D eigenvalue weighted by Crippen LogP contribution is -2.32. The van der Waals surface area contributed by atoms with Gasteiger partial charge in [0.1, 0.15) is 5.37 Å². The minimum atomic E-state index is -0.518. The summed E-state index contributed by atoms with van der Waals surface area (Å²) in [5, 5.41) is 13.7. The van der Waals surface area contributed by atoms with Crippen LogP contribution in [0.1, 0.15) is 10.9 Å². The van der Waals surface area contributed by atoms with Crippen molar-refractivity contribution in [3.05, 3.63) is 84.4 Å². The highest BCUT2D eigenvalue weighted by Crippen LogP contribution is 2.43. The fraction of sp³-hybridized carbons (Fsp3) is 0.0870. The zero-order chi connectivity index (χ0) is 22.6. The number of nitrogens with zero attached hydrogens (tertiary/aromatic N) is 2. The van der Waals surface area contributed by atoms with Gasteiger partial charge in [0, 0.05) is 11.4 Å². The van der Waals surface area contributed by atoms with E-state index in [1.165, 1.54) is 16.8 Å². The number of benzene rings is 3. The molecule has 0 saturated heterocycles. The summed E-state index contributed by atoms with van der Waals surface area (Å²) < 4.78 is 10.9. The molecule has 0 aliphatic carbocycles. The summed E-state index contributed by atoms with van der Waals surface area (Å²) in [5.41, 5.74) is 2.05. The van der Waals surface area contributed by atoms with Crippen LogP contribution < -0.4 is 25.4 Å². The number of ether oxygens (including phenoxy) is 2. The van der Waals surface area contributed by atoms with Gasteiger partial charge in [-0.25, -0.2) is 9.59 Å². The van der Waals surface area contributed by atoms with Crippen molar-refractivity contribution in [3.8, 4) is 11.5 Å². The Bertz CT molecular complexity index is 1210. The fourth-order valence-electron chi connectivity index (χ4n) is 3.30. The second-order valence-electron chi connectivity index (χ2n) is 7.07. The first-order valence-electron chi connectivity index (χ1n) is 10.1. The third-order valence-corrected chi connectivity index (χ3v) is 5.91. The van der Waals surface area contributed by atoms with Crippen molar-refractivity contribution >= 4 is 40.4 Å². The van der Waals surface area contributed by atoms with E-state index in [1.807, 2.05) is 48.5 Å². The van der Waals surface area contributed by atoms with Gasteiger partial charge in [-0.1, -0.05) is 54.2 Å². The Labute approximate surface area is 193 Å². The minimum Gasteiger partial charge on any atom is -0.454 e. The number of para-hydroxylation sites is 2. The smallest absolute Gasteiger partial charge is 0.343 e. The van der Waals surface area contributed by atoms with Crippen LogP contribution in [0.25, 0.3) is 0 Å². The van der Waals surface area contributed by atoms with Crippen molar-refractivity contribution in [2.75, 3.05) is 17.4 Å². The molecule has 3 N–H and O–H groups in total. The largest absolute Gasteiger partial charge is 0.454 e. The maximum Gasteiger partial charge on any atom is 0.343 e. The third kappa shape index (κ3) is 4.70. The number of amides is 4. The molecule has 0 aromatic heterocycles. The molecule has 166 valence electrons. The number of nitrogens with one attached hydrogen (secondary N) is 3. The number of fused-ring (bicyclic) bond motifs is 1. The van der Waals surface area contributed by atoms with Crippen LogP contribution in [0.5, 0.6) is 11.5 Å². The van der Waals surface area contributed by atoms with Gasteiger partial charge in [0.25, 0.3) is 0 Å². The number of carbonyl (C=O) groups is 2. The predicted molar refractivity (Wildman–Crippen MR) is 126 cm³/mol. The molecule has 0 saturated carbocycles. The van der Waals surface area contributed by atoms with Gasteiger partial charge in [0.2, 0.25) is 6.79 Å². The van der Waals surface area contributed by atoms with Crippen LogP contribution in [-0.4, -0.2) is 29.0 Å². The van der Waals surface area contributed by atoms with E-state index in [0.29, 0.717) is 22.9 Å². The first kappa shape index (κ1) is 20.7. The van der Waals surface area contributed by atoms with Gasteiger partial charge in [-0.15, -0.1) is 5.10 Å². The van der Waals surface area contributed by atoms with E-state index in [1.54, 1.807) is 30.3 Å². The Hall–Kier alpha value is -4.18. The first-order chi connectivity index (χ1) is 16.2. The molecular formula is C23H19N5O4S. The molecule has 0 bridgehead atoms. The van der Waals surface area contributed by atoms with E-state index < -0.39 is 17.4 Å². The van der Waals surface area contributed by atoms with Crippen LogP contribution in [0.15, 0.2) is 84.0 Å². The lowest BCUT2D eigenvalue weighted by atomic mass is 10.2. The van der Waals surface area contributed by atoms with Crippen LogP contribution in [0, 0.1) is 0 Å². The quantitative estimate of drug-likeness (QED) is 0.520. The van der Waals surface area contributed by atoms with Gasteiger partial charge in [-0.05, 0) is 42.0 Å². The van der Waals surface area contributed by atoms with Crippen molar-refractivity contribution < 1.29 is 19.1 Å². The third-order valence-electron chi connectivity index (χ3n) is 4.81. The van der Waals surface area contributed by atoms with Crippen molar-refractivity contribution in [2.24, 2.45) is 5.10 Å². The molecule has 0 unspecified atom stereocenters. The summed E-state index contributed by atoms with van der Waals surface area (Å²) in [6, 6.07) is 22.7. The van der Waals surface area contributed by atoms with Crippen molar-refractivity contribution in [2.45, 2.75) is 5.37 Å². The van der Waals surface area contributed by atoms with E-state index in [4.69, 9.17) is 9.47 Å². The number of rotatable bonds is 3. The van der Waals surface area contributed by atoms with Crippen LogP contribution in [0.2, 0.25) is 0 Å². The van der Waals surface area contributed by atoms with Gasteiger partial charge in [0.05, 0.1) is 0 Å². The van der Waals surface area contributed by atoms with Crippen molar-refractivity contribution in [1.82, 2.24) is 10.3 Å². The molecule has 0 radical (unpaired) electrons. The number of urea groups is 2. The van der Waals surface area contributed by atoms with E-state index in [9.17, 15) is 9.59 Å². The Morgan fingerprint density at radius 2 is 1.52 bits per heavy atom. The molecule has 33 heavy (non-hydrogen) atoms. The Balaban J connectivity index is 1.36. The number of carbonyl (C=O) groups excluding carboxylic acids is 2. The second-order valence-corrected chi connectivity index (χ2v) is 8.14. The van der Waals surface area contributed by atoms with E-state index in [-0.39, 0.29) is 12.0 Å². The highest BCUT2D eigenvalue weighted by atomic mass is 32.2. The summed E-state index contributed by atoms with van der Waals surface area (Å²) in [4.78, 5) is 25.5. The Morgan fingerprint density at radius 1 is 0.848 bits per heavy atom. The van der Waals surface area contributed by atoms with E-state index >= 15 is 0 Å². The van der Waals surface area contributed by atoms with E-state index in [0.717, 1.165) is 5.56 Å². The Kier molecular flexibility index (Phi) is 5.73. The maximum atomic E-state index is 13.1. The molecule has 2 aliphatic rings. The summed E-state index contributed by atoms with van der Waals surface area (Å²) in [5.74, 6) is 1.24. The van der Waals surface area contributed by atoms with Crippen LogP contribution in [0.3, 0.4) is 0 Å². The van der Waals surface area contributed by atoms with Gasteiger partial charge in [-0.2, -0.15) is 5.01 Å². The summed E-state index contributed by atoms with van der Waals surface area (Å²) in [6.07, 6.45) is 0. The molecule has 3 aromatic carbocycles. The second kappa shape index (κ2) is 9.13.